The largest absolute Gasteiger partial charge is 0.397 e. The van der Waals surface area contributed by atoms with E-state index in [2.05, 4.69) is 15.3 Å². The van der Waals surface area contributed by atoms with Gasteiger partial charge in [0.15, 0.2) is 5.13 Å². The lowest BCUT2D eigenvalue weighted by molar-refractivity contribution is 0.103. The molecule has 1 aromatic carbocycles. The number of hydrogen-bond donors (Lipinski definition) is 2. The summed E-state index contributed by atoms with van der Waals surface area (Å²) in [6, 6.07) is 13.6. The third kappa shape index (κ3) is 2.88. The van der Waals surface area contributed by atoms with Crippen molar-refractivity contribution in [1.82, 2.24) is 9.97 Å². The summed E-state index contributed by atoms with van der Waals surface area (Å²) in [6.07, 6.45) is 1.69. The molecule has 1 amide bonds. The Morgan fingerprint density at radius 1 is 1.12 bits per heavy atom. The van der Waals surface area contributed by atoms with Gasteiger partial charge < -0.3 is 5.73 Å². The monoisotopic (exact) mass is 366 g/mol. The van der Waals surface area contributed by atoms with Crippen molar-refractivity contribution < 1.29 is 4.79 Å². The van der Waals surface area contributed by atoms with Crippen LogP contribution in [0.25, 0.3) is 21.5 Å². The molecule has 3 heterocycles. The highest BCUT2D eigenvalue weighted by Gasteiger charge is 2.19. The van der Waals surface area contributed by atoms with Crippen molar-refractivity contribution >= 4 is 49.6 Å². The summed E-state index contributed by atoms with van der Waals surface area (Å²) in [5.41, 5.74) is 8.48. The number of aryl methyl sites for hydroxylation is 1. The number of benzene rings is 1. The molecule has 124 valence electrons. The van der Waals surface area contributed by atoms with Crippen LogP contribution in [0, 0.1) is 6.92 Å². The Morgan fingerprint density at radius 3 is 2.68 bits per heavy atom. The number of thiophene rings is 1. The zero-order valence-corrected chi connectivity index (χ0v) is 14.9. The van der Waals surface area contributed by atoms with Crippen LogP contribution in [0.15, 0.2) is 48.7 Å². The van der Waals surface area contributed by atoms with Gasteiger partial charge in [-0.1, -0.05) is 30.3 Å². The lowest BCUT2D eigenvalue weighted by Gasteiger charge is -2.00. The number of nitrogens with two attached hydrogens (primary N) is 1. The Balaban J connectivity index is 1.64. The molecule has 0 fully saturated rings. The second kappa shape index (κ2) is 6.27. The van der Waals surface area contributed by atoms with Crippen LogP contribution in [0.2, 0.25) is 0 Å². The summed E-state index contributed by atoms with van der Waals surface area (Å²) >= 11 is 2.74. The van der Waals surface area contributed by atoms with Crippen LogP contribution < -0.4 is 11.1 Å². The van der Waals surface area contributed by atoms with Crippen LogP contribution in [0.4, 0.5) is 10.8 Å². The van der Waals surface area contributed by atoms with Gasteiger partial charge in [-0.25, -0.2) is 9.97 Å². The third-order valence-corrected chi connectivity index (χ3v) is 5.79. The molecular formula is C18H14N4OS2. The second-order valence-corrected chi connectivity index (χ2v) is 7.65. The van der Waals surface area contributed by atoms with E-state index in [-0.39, 0.29) is 5.91 Å². The Labute approximate surface area is 152 Å². The van der Waals surface area contributed by atoms with Crippen LogP contribution in [0.3, 0.4) is 0 Å². The lowest BCUT2D eigenvalue weighted by atomic mass is 10.1. The van der Waals surface area contributed by atoms with E-state index in [1.807, 2.05) is 49.4 Å². The van der Waals surface area contributed by atoms with E-state index >= 15 is 0 Å². The van der Waals surface area contributed by atoms with Gasteiger partial charge in [-0.3, -0.25) is 10.1 Å². The van der Waals surface area contributed by atoms with E-state index in [4.69, 9.17) is 5.73 Å². The van der Waals surface area contributed by atoms with Crippen LogP contribution in [-0.4, -0.2) is 15.9 Å². The Bertz CT molecular complexity index is 1070. The minimum absolute atomic E-state index is 0.256. The second-order valence-electron chi connectivity index (χ2n) is 5.44. The van der Waals surface area contributed by atoms with E-state index in [1.54, 1.807) is 6.20 Å². The Hall–Kier alpha value is -2.77. The number of thiazole rings is 1. The maximum atomic E-state index is 12.6. The maximum Gasteiger partial charge on any atom is 0.269 e. The number of anilines is 2. The molecule has 0 spiro atoms. The number of nitrogens with one attached hydrogen (secondary N) is 1. The van der Waals surface area contributed by atoms with Crippen LogP contribution in [-0.2, 0) is 0 Å². The summed E-state index contributed by atoms with van der Waals surface area (Å²) in [7, 11) is 0. The standard InChI is InChI=1S/C18H14N4OS2/c1-10-14(11-6-3-2-4-7-11)21-18(24-10)22-16(23)15-13(19)12-8-5-9-20-17(12)25-15/h2-9H,19H2,1H3,(H,21,22,23). The molecule has 4 aromatic rings. The van der Waals surface area contributed by atoms with Crippen molar-refractivity contribution in [2.24, 2.45) is 0 Å². The van der Waals surface area contributed by atoms with Gasteiger partial charge in [0.05, 0.1) is 11.4 Å². The molecule has 0 radical (unpaired) electrons. The smallest absolute Gasteiger partial charge is 0.269 e. The Kier molecular flexibility index (Phi) is 3.95. The van der Waals surface area contributed by atoms with Gasteiger partial charge in [0.2, 0.25) is 0 Å². The molecule has 0 atom stereocenters. The van der Waals surface area contributed by atoms with E-state index in [9.17, 15) is 4.79 Å². The molecule has 0 saturated heterocycles. The summed E-state index contributed by atoms with van der Waals surface area (Å²) < 4.78 is 0. The predicted octanol–water partition coefficient (Wildman–Crippen LogP) is 4.56. The molecule has 0 bridgehead atoms. The summed E-state index contributed by atoms with van der Waals surface area (Å²) in [5, 5.41) is 4.23. The summed E-state index contributed by atoms with van der Waals surface area (Å²) in [5.74, 6) is -0.256. The number of aromatic nitrogens is 2. The van der Waals surface area contributed by atoms with Crippen LogP contribution in [0.1, 0.15) is 14.5 Å². The number of pyridine rings is 1. The Morgan fingerprint density at radius 2 is 1.92 bits per heavy atom. The van der Waals surface area contributed by atoms with Crippen LogP contribution >= 0.6 is 22.7 Å². The highest BCUT2D eigenvalue weighted by Crippen LogP contribution is 2.34. The minimum atomic E-state index is -0.256. The average Bonchev–Trinajstić information content (AvgIpc) is 3.16. The van der Waals surface area contributed by atoms with Gasteiger partial charge in [-0.2, -0.15) is 0 Å². The molecule has 3 aromatic heterocycles. The maximum absolute atomic E-state index is 12.6. The highest BCUT2D eigenvalue weighted by molar-refractivity contribution is 7.21. The number of nitrogens with zero attached hydrogens (tertiary/aromatic N) is 2. The predicted molar refractivity (Wildman–Crippen MR) is 104 cm³/mol. The molecule has 7 heteroatoms. The van der Waals surface area contributed by atoms with Crippen molar-refractivity contribution in [3.63, 3.8) is 0 Å². The van der Waals surface area contributed by atoms with Gasteiger partial charge in [0.1, 0.15) is 9.71 Å². The van der Waals surface area contributed by atoms with Crippen molar-refractivity contribution in [2.45, 2.75) is 6.92 Å². The first-order valence-electron chi connectivity index (χ1n) is 7.60. The molecule has 4 rings (SSSR count). The SMILES string of the molecule is Cc1sc(NC(=O)c2sc3ncccc3c2N)nc1-c1ccccc1. The van der Waals surface area contributed by atoms with Crippen molar-refractivity contribution in [2.75, 3.05) is 11.1 Å². The van der Waals surface area contributed by atoms with E-state index in [0.717, 1.165) is 26.4 Å². The number of fused-ring (bicyclic) bond motifs is 1. The fourth-order valence-corrected chi connectivity index (χ4v) is 4.38. The fraction of sp³-hybridized carbons (Fsp3) is 0.0556. The molecule has 3 N–H and O–H groups in total. The van der Waals surface area contributed by atoms with Gasteiger partial charge in [0, 0.05) is 22.0 Å². The first-order valence-corrected chi connectivity index (χ1v) is 9.24. The first-order chi connectivity index (χ1) is 12.1. The van der Waals surface area contributed by atoms with E-state index in [1.165, 1.54) is 22.7 Å². The van der Waals surface area contributed by atoms with Crippen molar-refractivity contribution in [3.8, 4) is 11.3 Å². The number of hydrogen-bond acceptors (Lipinski definition) is 6. The molecule has 25 heavy (non-hydrogen) atoms. The fourth-order valence-electron chi connectivity index (χ4n) is 2.59. The number of rotatable bonds is 3. The number of carbonyl (C=O) groups excluding carboxylic acids is 1. The van der Waals surface area contributed by atoms with Gasteiger partial charge in [-0.15, -0.1) is 22.7 Å². The zero-order valence-electron chi connectivity index (χ0n) is 13.3. The molecule has 0 aliphatic rings. The van der Waals surface area contributed by atoms with Gasteiger partial charge >= 0.3 is 0 Å². The number of carbonyl (C=O) groups is 1. The molecule has 0 aliphatic carbocycles. The number of amides is 1. The third-order valence-electron chi connectivity index (χ3n) is 3.78. The number of nitrogen functional groups attached to an aromatic ring is 1. The normalized spacial score (nSPS) is 10.9. The van der Waals surface area contributed by atoms with Crippen molar-refractivity contribution in [3.05, 3.63) is 58.4 Å². The van der Waals surface area contributed by atoms with Crippen molar-refractivity contribution in [1.29, 1.82) is 0 Å². The topological polar surface area (TPSA) is 80.9 Å². The van der Waals surface area contributed by atoms with Gasteiger partial charge in [0.25, 0.3) is 5.91 Å². The molecule has 0 unspecified atom stereocenters. The van der Waals surface area contributed by atoms with E-state index in [0.29, 0.717) is 15.7 Å². The molecular weight excluding hydrogens is 352 g/mol. The van der Waals surface area contributed by atoms with Gasteiger partial charge in [-0.05, 0) is 19.1 Å². The van der Waals surface area contributed by atoms with Crippen LogP contribution in [0.5, 0.6) is 0 Å². The average molecular weight is 366 g/mol. The minimum Gasteiger partial charge on any atom is -0.397 e. The quantitative estimate of drug-likeness (QED) is 0.557. The molecule has 0 saturated carbocycles. The first kappa shape index (κ1) is 15.7. The molecule has 5 nitrogen and oxygen atoms in total. The molecule has 0 aliphatic heterocycles. The highest BCUT2D eigenvalue weighted by atomic mass is 32.1. The summed E-state index contributed by atoms with van der Waals surface area (Å²) in [4.78, 5) is 23.7. The zero-order chi connectivity index (χ0) is 17.4. The lowest BCUT2D eigenvalue weighted by Crippen LogP contribution is -2.11. The summed E-state index contributed by atoms with van der Waals surface area (Å²) in [6.45, 7) is 1.99. The van der Waals surface area contributed by atoms with E-state index < -0.39 is 0 Å².